The Hall–Kier alpha value is -1.96. The zero-order chi connectivity index (χ0) is 14.5. The van der Waals surface area contributed by atoms with Gasteiger partial charge in [-0.05, 0) is 35.1 Å². The van der Waals surface area contributed by atoms with Crippen LogP contribution in [0.2, 0.25) is 0 Å². The zero-order valence-electron chi connectivity index (χ0n) is 12.4. The lowest BCUT2D eigenvalue weighted by molar-refractivity contribution is 0.0992. The van der Waals surface area contributed by atoms with Gasteiger partial charge in [0.25, 0.3) is 0 Å². The molecule has 0 bridgehead atoms. The summed E-state index contributed by atoms with van der Waals surface area (Å²) in [6, 6.07) is 10.2. The van der Waals surface area contributed by atoms with Crippen molar-refractivity contribution in [3.05, 3.63) is 65.0 Å². The van der Waals surface area contributed by atoms with E-state index in [1.807, 2.05) is 13.0 Å². The fourth-order valence-corrected chi connectivity index (χ4v) is 2.28. The second-order valence-electron chi connectivity index (χ2n) is 5.38. The minimum Gasteiger partial charge on any atom is -0.294 e. The summed E-state index contributed by atoms with van der Waals surface area (Å²) in [5.74, 6) is 0.688. The van der Waals surface area contributed by atoms with E-state index in [2.05, 4.69) is 43.1 Å². The number of nitrogens with zero attached hydrogens (tertiary/aromatic N) is 1. The first kappa shape index (κ1) is 14.4. The van der Waals surface area contributed by atoms with Crippen molar-refractivity contribution in [3.8, 4) is 0 Å². The maximum atomic E-state index is 12.4. The molecule has 0 saturated heterocycles. The number of Topliss-reactive ketones (excluding diaryl/α,β-unsaturated/α-hetero) is 1. The molecule has 1 aromatic heterocycles. The molecule has 0 spiro atoms. The quantitative estimate of drug-likeness (QED) is 0.760. The SMILES string of the molecule is CCc1cnccc1C(=O)Cc1ccc(C(C)C)cc1. The van der Waals surface area contributed by atoms with Crippen molar-refractivity contribution in [2.45, 2.75) is 39.5 Å². The van der Waals surface area contributed by atoms with Crippen LogP contribution in [0.25, 0.3) is 0 Å². The molecular weight excluding hydrogens is 246 g/mol. The Balaban J connectivity index is 2.15. The van der Waals surface area contributed by atoms with Gasteiger partial charge in [0.2, 0.25) is 0 Å². The van der Waals surface area contributed by atoms with Crippen molar-refractivity contribution in [2.75, 3.05) is 0 Å². The minimum atomic E-state index is 0.168. The number of hydrogen-bond acceptors (Lipinski definition) is 2. The molecule has 0 aliphatic rings. The number of rotatable bonds is 5. The lowest BCUT2D eigenvalue weighted by Gasteiger charge is -2.08. The molecule has 20 heavy (non-hydrogen) atoms. The van der Waals surface area contributed by atoms with Crippen molar-refractivity contribution in [1.82, 2.24) is 4.98 Å². The predicted octanol–water partition coefficient (Wildman–Crippen LogP) is 4.19. The zero-order valence-corrected chi connectivity index (χ0v) is 12.4. The first-order chi connectivity index (χ1) is 9.61. The standard InChI is InChI=1S/C18H21NO/c1-4-15-12-19-10-9-17(15)18(20)11-14-5-7-16(8-6-14)13(2)3/h5-10,12-13H,4,11H2,1-3H3. The molecule has 0 saturated carbocycles. The first-order valence-corrected chi connectivity index (χ1v) is 7.16. The Kier molecular flexibility index (Phi) is 4.67. The summed E-state index contributed by atoms with van der Waals surface area (Å²) in [6.45, 7) is 6.39. The Morgan fingerprint density at radius 1 is 1.15 bits per heavy atom. The molecule has 2 heteroatoms. The highest BCUT2D eigenvalue weighted by Gasteiger charge is 2.11. The monoisotopic (exact) mass is 267 g/mol. The Morgan fingerprint density at radius 3 is 2.45 bits per heavy atom. The average Bonchev–Trinajstić information content (AvgIpc) is 2.47. The number of carbonyl (C=O) groups excluding carboxylic acids is 1. The molecule has 1 heterocycles. The van der Waals surface area contributed by atoms with Gasteiger partial charge < -0.3 is 0 Å². The van der Waals surface area contributed by atoms with Gasteiger partial charge in [-0.3, -0.25) is 9.78 Å². The highest BCUT2D eigenvalue weighted by atomic mass is 16.1. The van der Waals surface area contributed by atoms with Gasteiger partial charge >= 0.3 is 0 Å². The third kappa shape index (κ3) is 3.32. The first-order valence-electron chi connectivity index (χ1n) is 7.16. The largest absolute Gasteiger partial charge is 0.294 e. The third-order valence-electron chi connectivity index (χ3n) is 3.60. The highest BCUT2D eigenvalue weighted by molar-refractivity contribution is 5.98. The van der Waals surface area contributed by atoms with Gasteiger partial charge in [-0.15, -0.1) is 0 Å². The van der Waals surface area contributed by atoms with Gasteiger partial charge in [0.05, 0.1) is 0 Å². The van der Waals surface area contributed by atoms with E-state index in [1.165, 1.54) is 5.56 Å². The number of aryl methyl sites for hydroxylation is 1. The molecular formula is C18H21NO. The molecule has 2 rings (SSSR count). The number of hydrogen-bond donors (Lipinski definition) is 0. The molecule has 104 valence electrons. The summed E-state index contributed by atoms with van der Waals surface area (Å²) < 4.78 is 0. The van der Waals surface area contributed by atoms with Crippen LogP contribution in [0, 0.1) is 0 Å². The van der Waals surface area contributed by atoms with Crippen LogP contribution in [0.5, 0.6) is 0 Å². The smallest absolute Gasteiger partial charge is 0.167 e. The van der Waals surface area contributed by atoms with Crippen LogP contribution in [-0.2, 0) is 12.8 Å². The van der Waals surface area contributed by atoms with E-state index in [0.29, 0.717) is 12.3 Å². The molecule has 0 unspecified atom stereocenters. The molecule has 0 aliphatic carbocycles. The van der Waals surface area contributed by atoms with Gasteiger partial charge in [0, 0.05) is 24.4 Å². The number of aromatic nitrogens is 1. The molecule has 0 N–H and O–H groups in total. The van der Waals surface area contributed by atoms with E-state index in [0.717, 1.165) is 23.1 Å². The van der Waals surface area contributed by atoms with Gasteiger partial charge in [0.1, 0.15) is 0 Å². The van der Waals surface area contributed by atoms with Crippen molar-refractivity contribution in [2.24, 2.45) is 0 Å². The van der Waals surface area contributed by atoms with E-state index < -0.39 is 0 Å². The van der Waals surface area contributed by atoms with Gasteiger partial charge in [0.15, 0.2) is 5.78 Å². The molecule has 0 atom stereocenters. The van der Waals surface area contributed by atoms with Crippen LogP contribution in [0.4, 0.5) is 0 Å². The van der Waals surface area contributed by atoms with Crippen LogP contribution in [0.1, 0.15) is 53.7 Å². The normalized spacial score (nSPS) is 10.8. The Morgan fingerprint density at radius 2 is 1.85 bits per heavy atom. The minimum absolute atomic E-state index is 0.168. The average molecular weight is 267 g/mol. The van der Waals surface area contributed by atoms with Gasteiger partial charge in [-0.2, -0.15) is 0 Å². The lowest BCUT2D eigenvalue weighted by Crippen LogP contribution is -2.07. The third-order valence-corrected chi connectivity index (χ3v) is 3.60. The molecule has 1 aromatic carbocycles. The highest BCUT2D eigenvalue weighted by Crippen LogP contribution is 2.17. The molecule has 0 amide bonds. The van der Waals surface area contributed by atoms with E-state index in [1.54, 1.807) is 12.4 Å². The van der Waals surface area contributed by atoms with E-state index in [-0.39, 0.29) is 5.78 Å². The van der Waals surface area contributed by atoms with Crippen LogP contribution in [0.3, 0.4) is 0 Å². The Labute approximate surface area is 120 Å². The molecule has 2 aromatic rings. The second kappa shape index (κ2) is 6.47. The van der Waals surface area contributed by atoms with Gasteiger partial charge in [-0.1, -0.05) is 45.0 Å². The van der Waals surface area contributed by atoms with Crippen LogP contribution in [0.15, 0.2) is 42.7 Å². The number of pyridine rings is 1. The summed E-state index contributed by atoms with van der Waals surface area (Å²) in [6.07, 6.45) is 4.76. The fraction of sp³-hybridized carbons (Fsp3) is 0.333. The summed E-state index contributed by atoms with van der Waals surface area (Å²) in [5.41, 5.74) is 4.20. The fourth-order valence-electron chi connectivity index (χ4n) is 2.28. The number of ketones is 1. The van der Waals surface area contributed by atoms with Crippen LogP contribution in [-0.4, -0.2) is 10.8 Å². The molecule has 0 fully saturated rings. The van der Waals surface area contributed by atoms with Crippen LogP contribution >= 0.6 is 0 Å². The maximum absolute atomic E-state index is 12.4. The van der Waals surface area contributed by atoms with Crippen molar-refractivity contribution >= 4 is 5.78 Å². The van der Waals surface area contributed by atoms with E-state index >= 15 is 0 Å². The summed E-state index contributed by atoms with van der Waals surface area (Å²) in [5, 5.41) is 0. The van der Waals surface area contributed by atoms with Crippen molar-refractivity contribution in [1.29, 1.82) is 0 Å². The lowest BCUT2D eigenvalue weighted by atomic mass is 9.96. The summed E-state index contributed by atoms with van der Waals surface area (Å²) in [7, 11) is 0. The molecule has 0 radical (unpaired) electrons. The van der Waals surface area contributed by atoms with Crippen molar-refractivity contribution in [3.63, 3.8) is 0 Å². The predicted molar refractivity (Wildman–Crippen MR) is 82.2 cm³/mol. The second-order valence-corrected chi connectivity index (χ2v) is 5.38. The van der Waals surface area contributed by atoms with E-state index in [4.69, 9.17) is 0 Å². The topological polar surface area (TPSA) is 30.0 Å². The number of benzene rings is 1. The van der Waals surface area contributed by atoms with Gasteiger partial charge in [-0.25, -0.2) is 0 Å². The summed E-state index contributed by atoms with van der Waals surface area (Å²) >= 11 is 0. The molecule has 2 nitrogen and oxygen atoms in total. The van der Waals surface area contributed by atoms with Crippen LogP contribution < -0.4 is 0 Å². The van der Waals surface area contributed by atoms with E-state index in [9.17, 15) is 4.79 Å². The molecule has 0 aliphatic heterocycles. The number of carbonyl (C=O) groups is 1. The maximum Gasteiger partial charge on any atom is 0.167 e. The summed E-state index contributed by atoms with van der Waals surface area (Å²) in [4.78, 5) is 16.5. The Bertz CT molecular complexity index is 585. The van der Waals surface area contributed by atoms with Crippen molar-refractivity contribution < 1.29 is 4.79 Å².